The summed E-state index contributed by atoms with van der Waals surface area (Å²) in [5, 5.41) is 3.56. The average Bonchev–Trinajstić information content (AvgIpc) is 3.23. The molecule has 112 valence electrons. The van der Waals surface area contributed by atoms with E-state index in [1.807, 2.05) is 0 Å². The van der Waals surface area contributed by atoms with Gasteiger partial charge >= 0.3 is 0 Å². The summed E-state index contributed by atoms with van der Waals surface area (Å²) in [5.74, 6) is 0. The van der Waals surface area contributed by atoms with Gasteiger partial charge in [0, 0.05) is 42.4 Å². The van der Waals surface area contributed by atoms with Gasteiger partial charge in [-0.2, -0.15) is 0 Å². The van der Waals surface area contributed by atoms with E-state index in [0.29, 0.717) is 6.04 Å². The molecule has 0 amide bonds. The van der Waals surface area contributed by atoms with Gasteiger partial charge in [0.25, 0.3) is 0 Å². The van der Waals surface area contributed by atoms with E-state index in [-0.39, 0.29) is 0 Å². The van der Waals surface area contributed by atoms with Crippen molar-refractivity contribution in [3.63, 3.8) is 0 Å². The first-order chi connectivity index (χ1) is 9.65. The van der Waals surface area contributed by atoms with E-state index >= 15 is 0 Å². The van der Waals surface area contributed by atoms with E-state index in [1.54, 1.807) is 7.11 Å². The molecule has 0 heterocycles. The Labute approximate surface area is 130 Å². The van der Waals surface area contributed by atoms with Crippen molar-refractivity contribution < 1.29 is 4.74 Å². The number of hydrogen-bond donors (Lipinski definition) is 1. The molecular formula is C16H25BrN2O. The minimum absolute atomic E-state index is 0.382. The summed E-state index contributed by atoms with van der Waals surface area (Å²) in [6, 6.07) is 7.78. The predicted molar refractivity (Wildman–Crippen MR) is 88.4 cm³/mol. The van der Waals surface area contributed by atoms with Crippen LogP contribution < -0.4 is 10.2 Å². The van der Waals surface area contributed by atoms with Crippen LogP contribution in [0.5, 0.6) is 0 Å². The minimum Gasteiger partial charge on any atom is -0.383 e. The van der Waals surface area contributed by atoms with E-state index < -0.39 is 0 Å². The van der Waals surface area contributed by atoms with Gasteiger partial charge < -0.3 is 15.0 Å². The molecule has 1 aromatic rings. The van der Waals surface area contributed by atoms with Crippen molar-refractivity contribution in [3.05, 3.63) is 28.2 Å². The summed E-state index contributed by atoms with van der Waals surface area (Å²) in [4.78, 5) is 2.37. The third-order valence-electron chi connectivity index (χ3n) is 3.81. The number of nitrogens with one attached hydrogen (secondary N) is 1. The number of ether oxygens (including phenoxy) is 1. The molecule has 0 spiro atoms. The van der Waals surface area contributed by atoms with Crippen LogP contribution in [-0.4, -0.2) is 32.3 Å². The smallest absolute Gasteiger partial charge is 0.0663 e. The molecule has 1 unspecified atom stereocenters. The molecule has 1 saturated carbocycles. The highest BCUT2D eigenvalue weighted by molar-refractivity contribution is 9.10. The first kappa shape index (κ1) is 15.8. The summed E-state index contributed by atoms with van der Waals surface area (Å²) in [7, 11) is 1.76. The van der Waals surface area contributed by atoms with Gasteiger partial charge in [0.15, 0.2) is 0 Å². The number of halogens is 1. The van der Waals surface area contributed by atoms with E-state index in [4.69, 9.17) is 4.74 Å². The molecule has 1 aliphatic carbocycles. The molecule has 0 aromatic heterocycles. The van der Waals surface area contributed by atoms with E-state index in [9.17, 15) is 0 Å². The van der Waals surface area contributed by atoms with E-state index in [2.05, 4.69) is 58.2 Å². The molecule has 20 heavy (non-hydrogen) atoms. The van der Waals surface area contributed by atoms with Gasteiger partial charge in [-0.05, 0) is 44.4 Å². The van der Waals surface area contributed by atoms with Crippen LogP contribution in [0.15, 0.2) is 22.7 Å². The first-order valence-electron chi connectivity index (χ1n) is 7.43. The third kappa shape index (κ3) is 4.21. The van der Waals surface area contributed by atoms with Gasteiger partial charge in [-0.25, -0.2) is 0 Å². The highest BCUT2D eigenvalue weighted by atomic mass is 79.9. The lowest BCUT2D eigenvalue weighted by molar-refractivity contribution is 0.182. The van der Waals surface area contributed by atoms with Crippen LogP contribution in [0.3, 0.4) is 0 Å². The Kier molecular flexibility index (Phi) is 5.87. The lowest BCUT2D eigenvalue weighted by atomic mass is 10.1. The van der Waals surface area contributed by atoms with E-state index in [0.717, 1.165) is 25.7 Å². The van der Waals surface area contributed by atoms with Crippen LogP contribution in [-0.2, 0) is 11.3 Å². The van der Waals surface area contributed by atoms with E-state index in [1.165, 1.54) is 28.6 Å². The zero-order valence-corrected chi connectivity index (χ0v) is 14.2. The van der Waals surface area contributed by atoms with Gasteiger partial charge in [0.1, 0.15) is 0 Å². The van der Waals surface area contributed by atoms with Crippen LogP contribution in [0.25, 0.3) is 0 Å². The molecule has 1 N–H and O–H groups in total. The van der Waals surface area contributed by atoms with Crippen LogP contribution in [0, 0.1) is 0 Å². The van der Waals surface area contributed by atoms with Crippen LogP contribution in [0.1, 0.15) is 32.3 Å². The Morgan fingerprint density at radius 3 is 2.75 bits per heavy atom. The topological polar surface area (TPSA) is 24.5 Å². The first-order valence-corrected chi connectivity index (χ1v) is 8.22. The second-order valence-electron chi connectivity index (χ2n) is 5.52. The van der Waals surface area contributed by atoms with Gasteiger partial charge in [0.2, 0.25) is 0 Å². The van der Waals surface area contributed by atoms with Gasteiger partial charge in [0.05, 0.1) is 6.61 Å². The molecule has 1 atom stereocenters. The van der Waals surface area contributed by atoms with Crippen LogP contribution in [0.4, 0.5) is 5.69 Å². The molecule has 1 aromatic carbocycles. The van der Waals surface area contributed by atoms with Gasteiger partial charge in [-0.3, -0.25) is 0 Å². The molecule has 4 heteroatoms. The number of nitrogens with zero attached hydrogens (tertiary/aromatic N) is 1. The Bertz CT molecular complexity index is 434. The lowest BCUT2D eigenvalue weighted by Crippen LogP contribution is -2.36. The van der Waals surface area contributed by atoms with Crippen molar-refractivity contribution in [1.82, 2.24) is 5.32 Å². The van der Waals surface area contributed by atoms with Crippen molar-refractivity contribution in [2.24, 2.45) is 0 Å². The molecule has 2 rings (SSSR count). The van der Waals surface area contributed by atoms with Crippen molar-refractivity contribution in [1.29, 1.82) is 0 Å². The molecule has 1 aliphatic rings. The average molecular weight is 341 g/mol. The Morgan fingerprint density at radius 2 is 2.20 bits per heavy atom. The maximum Gasteiger partial charge on any atom is 0.0663 e. The lowest BCUT2D eigenvalue weighted by Gasteiger charge is -2.30. The normalized spacial score (nSPS) is 16.2. The summed E-state index contributed by atoms with van der Waals surface area (Å²) in [6.45, 7) is 7.06. The number of rotatable bonds is 8. The fourth-order valence-electron chi connectivity index (χ4n) is 2.48. The fourth-order valence-corrected chi connectivity index (χ4v) is 2.99. The molecule has 0 bridgehead atoms. The molecule has 3 nitrogen and oxygen atoms in total. The summed E-state index contributed by atoms with van der Waals surface area (Å²) in [6.07, 6.45) is 2.65. The summed E-state index contributed by atoms with van der Waals surface area (Å²) < 4.78 is 6.46. The third-order valence-corrected chi connectivity index (χ3v) is 4.55. The highest BCUT2D eigenvalue weighted by Gasteiger charge is 2.20. The maximum atomic E-state index is 5.27. The minimum atomic E-state index is 0.382. The van der Waals surface area contributed by atoms with Crippen molar-refractivity contribution in [2.45, 2.75) is 45.3 Å². The standard InChI is InChI=1S/C16H25BrN2O/c1-4-19(12(2)11-20-3)15-8-5-13(16(17)9-15)10-18-14-6-7-14/h5,8-9,12,14,18H,4,6-7,10-11H2,1-3H3. The Hall–Kier alpha value is -0.580. The van der Waals surface area contributed by atoms with Gasteiger partial charge in [-0.15, -0.1) is 0 Å². The Morgan fingerprint density at radius 1 is 1.45 bits per heavy atom. The molecule has 0 aliphatic heterocycles. The SMILES string of the molecule is CCN(c1ccc(CNC2CC2)c(Br)c1)C(C)COC. The molecular weight excluding hydrogens is 316 g/mol. The Balaban J connectivity index is 2.05. The molecule has 0 saturated heterocycles. The van der Waals surface area contributed by atoms with Crippen LogP contribution in [0.2, 0.25) is 0 Å². The highest BCUT2D eigenvalue weighted by Crippen LogP contribution is 2.27. The number of benzene rings is 1. The summed E-state index contributed by atoms with van der Waals surface area (Å²) >= 11 is 3.71. The number of likely N-dealkylation sites (N-methyl/N-ethyl adjacent to an activating group) is 1. The van der Waals surface area contributed by atoms with Crippen molar-refractivity contribution in [2.75, 3.05) is 25.2 Å². The zero-order valence-electron chi connectivity index (χ0n) is 12.7. The van der Waals surface area contributed by atoms with Crippen LogP contribution >= 0.6 is 15.9 Å². The summed E-state index contributed by atoms with van der Waals surface area (Å²) in [5.41, 5.74) is 2.58. The number of anilines is 1. The van der Waals surface area contributed by atoms with Gasteiger partial charge in [-0.1, -0.05) is 22.0 Å². The quantitative estimate of drug-likeness (QED) is 0.782. The second-order valence-corrected chi connectivity index (χ2v) is 6.38. The second kappa shape index (κ2) is 7.43. The molecule has 1 fully saturated rings. The zero-order chi connectivity index (χ0) is 14.5. The number of methoxy groups -OCH3 is 1. The monoisotopic (exact) mass is 340 g/mol. The maximum absolute atomic E-state index is 5.27. The van der Waals surface area contributed by atoms with Crippen molar-refractivity contribution >= 4 is 21.6 Å². The largest absolute Gasteiger partial charge is 0.383 e. The van der Waals surface area contributed by atoms with Crippen molar-refractivity contribution in [3.8, 4) is 0 Å². The molecule has 0 radical (unpaired) electrons. The fraction of sp³-hybridized carbons (Fsp3) is 0.625. The predicted octanol–water partition coefficient (Wildman–Crippen LogP) is 3.56. The number of hydrogen-bond acceptors (Lipinski definition) is 3.